The van der Waals surface area contributed by atoms with Crippen molar-refractivity contribution in [3.8, 4) is 0 Å². The van der Waals surface area contributed by atoms with Crippen molar-refractivity contribution in [2.45, 2.75) is 33.2 Å². The van der Waals surface area contributed by atoms with E-state index in [0.717, 1.165) is 5.56 Å². The first-order valence-electron chi connectivity index (χ1n) is 8.76. The molecule has 134 valence electrons. The monoisotopic (exact) mass is 349 g/mol. The Morgan fingerprint density at radius 3 is 2.27 bits per heavy atom. The largest absolute Gasteiger partial charge is 0.417 e. The van der Waals surface area contributed by atoms with Crippen LogP contribution in [0, 0.1) is 5.41 Å². The second kappa shape index (κ2) is 7.56. The van der Waals surface area contributed by atoms with Gasteiger partial charge in [-0.25, -0.2) is 4.79 Å². The van der Waals surface area contributed by atoms with E-state index >= 15 is 0 Å². The highest BCUT2D eigenvalue weighted by atomic mass is 16.5. The van der Waals surface area contributed by atoms with E-state index in [9.17, 15) is 9.59 Å². The van der Waals surface area contributed by atoms with E-state index in [1.165, 1.54) is 0 Å². The molecule has 1 aliphatic rings. The van der Waals surface area contributed by atoms with Gasteiger partial charge in [0.1, 0.15) is 0 Å². The van der Waals surface area contributed by atoms with Crippen LogP contribution in [-0.4, -0.2) is 11.8 Å². The summed E-state index contributed by atoms with van der Waals surface area (Å²) in [6.07, 6.45) is 1.02. The number of hydrogen-bond acceptors (Lipinski definition) is 4. The lowest BCUT2D eigenvalue weighted by molar-refractivity contribution is -0.121. The van der Waals surface area contributed by atoms with Crippen LogP contribution in [0.25, 0.3) is 0 Å². The summed E-state index contributed by atoms with van der Waals surface area (Å²) in [6, 6.07) is 18.7. The number of hydrogen-bond donors (Lipinski definition) is 1. The standard InChI is InChI=1S/C22H23NO3/c1-22(2)13-18(23-15-16-9-5-3-6-10-16)20(19(24)14-22)26-21(25)17-11-7-4-8-12-17/h3-12,23H,13-15H2,1-2H3. The second-order valence-corrected chi connectivity index (χ2v) is 7.34. The summed E-state index contributed by atoms with van der Waals surface area (Å²) in [5.41, 5.74) is 2.06. The van der Waals surface area contributed by atoms with Crippen LogP contribution in [0.3, 0.4) is 0 Å². The molecule has 0 heterocycles. The number of rotatable bonds is 5. The van der Waals surface area contributed by atoms with E-state index in [1.807, 2.05) is 50.2 Å². The fourth-order valence-electron chi connectivity index (χ4n) is 3.10. The maximum atomic E-state index is 12.6. The van der Waals surface area contributed by atoms with Gasteiger partial charge in [-0.3, -0.25) is 4.79 Å². The topological polar surface area (TPSA) is 55.4 Å². The molecule has 4 heteroatoms. The summed E-state index contributed by atoms with van der Waals surface area (Å²) >= 11 is 0. The Balaban J connectivity index is 1.83. The molecule has 0 aliphatic heterocycles. The number of ether oxygens (including phenoxy) is 1. The maximum Gasteiger partial charge on any atom is 0.343 e. The number of allylic oxidation sites excluding steroid dienone is 2. The van der Waals surface area contributed by atoms with Gasteiger partial charge in [0.15, 0.2) is 5.76 Å². The molecule has 1 N–H and O–H groups in total. The van der Waals surface area contributed by atoms with Crippen molar-refractivity contribution in [2.75, 3.05) is 0 Å². The minimum atomic E-state index is -0.507. The van der Waals surface area contributed by atoms with E-state index in [1.54, 1.807) is 24.3 Å². The molecule has 0 saturated carbocycles. The summed E-state index contributed by atoms with van der Waals surface area (Å²) in [4.78, 5) is 25.0. The molecule has 0 fully saturated rings. The minimum Gasteiger partial charge on any atom is -0.417 e. The SMILES string of the molecule is CC1(C)CC(=O)C(OC(=O)c2ccccc2)=C(NCc2ccccc2)C1. The molecule has 2 aromatic carbocycles. The Morgan fingerprint density at radius 2 is 1.62 bits per heavy atom. The highest BCUT2D eigenvalue weighted by Gasteiger charge is 2.35. The lowest BCUT2D eigenvalue weighted by Gasteiger charge is -2.31. The molecular weight excluding hydrogens is 326 g/mol. The molecule has 3 rings (SSSR count). The summed E-state index contributed by atoms with van der Waals surface area (Å²) in [5.74, 6) is -0.497. The predicted octanol–water partition coefficient (Wildman–Crippen LogP) is 4.23. The van der Waals surface area contributed by atoms with Crippen molar-refractivity contribution in [3.63, 3.8) is 0 Å². The van der Waals surface area contributed by atoms with Gasteiger partial charge in [-0.1, -0.05) is 62.4 Å². The number of nitrogens with one attached hydrogen (secondary N) is 1. The molecule has 0 unspecified atom stereocenters. The Bertz CT molecular complexity index is 823. The van der Waals surface area contributed by atoms with E-state index < -0.39 is 5.97 Å². The van der Waals surface area contributed by atoms with Gasteiger partial charge in [0.2, 0.25) is 5.78 Å². The summed E-state index contributed by atoms with van der Waals surface area (Å²) in [6.45, 7) is 4.67. The first-order chi connectivity index (χ1) is 12.4. The van der Waals surface area contributed by atoms with Crippen LogP contribution in [0.1, 0.15) is 42.6 Å². The lowest BCUT2D eigenvalue weighted by atomic mass is 9.78. The van der Waals surface area contributed by atoms with E-state index in [-0.39, 0.29) is 17.0 Å². The number of Topliss-reactive ketones (excluding diaryl/α,β-unsaturated/α-hetero) is 1. The quantitative estimate of drug-likeness (QED) is 0.821. The molecule has 26 heavy (non-hydrogen) atoms. The molecule has 0 atom stereocenters. The molecule has 2 aromatic rings. The van der Waals surface area contributed by atoms with Gasteiger partial charge in [-0.15, -0.1) is 0 Å². The van der Waals surface area contributed by atoms with Gasteiger partial charge in [-0.2, -0.15) is 0 Å². The van der Waals surface area contributed by atoms with Crippen molar-refractivity contribution in [2.24, 2.45) is 5.41 Å². The smallest absolute Gasteiger partial charge is 0.343 e. The zero-order valence-electron chi connectivity index (χ0n) is 15.1. The van der Waals surface area contributed by atoms with E-state index in [0.29, 0.717) is 30.6 Å². The molecule has 0 radical (unpaired) electrons. The van der Waals surface area contributed by atoms with Crippen LogP contribution in [0.2, 0.25) is 0 Å². The Morgan fingerprint density at radius 1 is 1.00 bits per heavy atom. The van der Waals surface area contributed by atoms with Gasteiger partial charge in [0.05, 0.1) is 11.3 Å². The van der Waals surface area contributed by atoms with E-state index in [2.05, 4.69) is 5.32 Å². The van der Waals surface area contributed by atoms with Gasteiger partial charge >= 0.3 is 5.97 Å². The van der Waals surface area contributed by atoms with Crippen molar-refractivity contribution >= 4 is 11.8 Å². The maximum absolute atomic E-state index is 12.6. The molecule has 4 nitrogen and oxygen atoms in total. The van der Waals surface area contributed by atoms with Gasteiger partial charge in [0, 0.05) is 13.0 Å². The average Bonchev–Trinajstić information content (AvgIpc) is 2.63. The highest BCUT2D eigenvalue weighted by Crippen LogP contribution is 2.36. The van der Waals surface area contributed by atoms with Crippen molar-refractivity contribution < 1.29 is 14.3 Å². The highest BCUT2D eigenvalue weighted by molar-refractivity contribution is 6.00. The molecule has 0 saturated heterocycles. The third kappa shape index (κ3) is 4.39. The molecule has 0 spiro atoms. The van der Waals surface area contributed by atoms with Crippen LogP contribution >= 0.6 is 0 Å². The first-order valence-corrected chi connectivity index (χ1v) is 8.76. The zero-order valence-corrected chi connectivity index (χ0v) is 15.1. The van der Waals surface area contributed by atoms with Crippen LogP contribution in [0.15, 0.2) is 72.1 Å². The molecule has 0 amide bonds. The molecule has 0 aromatic heterocycles. The average molecular weight is 349 g/mol. The fraction of sp³-hybridized carbons (Fsp3) is 0.273. The number of ketones is 1. The Kier molecular flexibility index (Phi) is 5.21. The predicted molar refractivity (Wildman–Crippen MR) is 100 cm³/mol. The van der Waals surface area contributed by atoms with E-state index in [4.69, 9.17) is 4.74 Å². The zero-order chi connectivity index (χ0) is 18.6. The fourth-order valence-corrected chi connectivity index (χ4v) is 3.10. The van der Waals surface area contributed by atoms with Crippen LogP contribution in [0.4, 0.5) is 0 Å². The Labute approximate surface area is 153 Å². The minimum absolute atomic E-state index is 0.138. The van der Waals surface area contributed by atoms with Crippen LogP contribution in [0.5, 0.6) is 0 Å². The summed E-state index contributed by atoms with van der Waals surface area (Å²) in [7, 11) is 0. The molecule has 1 aliphatic carbocycles. The number of carbonyl (C=O) groups excluding carboxylic acids is 2. The van der Waals surface area contributed by atoms with Crippen molar-refractivity contribution in [1.29, 1.82) is 0 Å². The van der Waals surface area contributed by atoms with Gasteiger partial charge in [-0.05, 0) is 29.5 Å². The normalized spacial score (nSPS) is 16.3. The van der Waals surface area contributed by atoms with Crippen molar-refractivity contribution in [3.05, 3.63) is 83.2 Å². The third-order valence-electron chi connectivity index (χ3n) is 4.37. The number of benzene rings is 2. The number of esters is 1. The van der Waals surface area contributed by atoms with Gasteiger partial charge < -0.3 is 10.1 Å². The number of carbonyl (C=O) groups is 2. The molecular formula is C22H23NO3. The Hall–Kier alpha value is -2.88. The summed E-state index contributed by atoms with van der Waals surface area (Å²) < 4.78 is 5.51. The summed E-state index contributed by atoms with van der Waals surface area (Å²) in [5, 5.41) is 3.31. The molecule has 0 bridgehead atoms. The third-order valence-corrected chi connectivity index (χ3v) is 4.37. The first kappa shape index (κ1) is 17.9. The van der Waals surface area contributed by atoms with Gasteiger partial charge in [0.25, 0.3) is 0 Å². The van der Waals surface area contributed by atoms with Crippen LogP contribution in [-0.2, 0) is 16.1 Å². The lowest BCUT2D eigenvalue weighted by Crippen LogP contribution is -2.33. The van der Waals surface area contributed by atoms with Crippen molar-refractivity contribution in [1.82, 2.24) is 5.32 Å². The second-order valence-electron chi connectivity index (χ2n) is 7.34. The van der Waals surface area contributed by atoms with Crippen LogP contribution < -0.4 is 5.32 Å².